The second kappa shape index (κ2) is 11.0. The molecule has 4 unspecified atom stereocenters. The summed E-state index contributed by atoms with van der Waals surface area (Å²) in [6.45, 7) is 5.42. The molecule has 1 aromatic carbocycles. The molecule has 4 atom stereocenters. The lowest BCUT2D eigenvalue weighted by Gasteiger charge is -2.38. The number of carbonyl (C=O) groups excluding carboxylic acids is 1. The third-order valence-corrected chi connectivity index (χ3v) is 8.15. The molecule has 0 amide bonds. The van der Waals surface area contributed by atoms with E-state index in [1.54, 1.807) is 38.1 Å². The first-order chi connectivity index (χ1) is 17.3. The largest absolute Gasteiger partial charge is 0.481 e. The molecule has 2 aliphatic carbocycles. The third-order valence-electron chi connectivity index (χ3n) is 8.15. The molecule has 0 aromatic heterocycles. The molecule has 1 aliphatic heterocycles. The van der Waals surface area contributed by atoms with Gasteiger partial charge in [-0.15, -0.1) is 0 Å². The Morgan fingerprint density at radius 1 is 1.17 bits per heavy atom. The second-order valence-corrected chi connectivity index (χ2v) is 10.4. The van der Waals surface area contributed by atoms with E-state index in [4.69, 9.17) is 9.47 Å². The van der Waals surface area contributed by atoms with Crippen LogP contribution in [0.5, 0.6) is 0 Å². The number of hydrogen-bond donors (Lipinski definition) is 1. The first-order valence-corrected chi connectivity index (χ1v) is 13.2. The van der Waals surface area contributed by atoms with Crippen molar-refractivity contribution in [3.8, 4) is 6.07 Å². The van der Waals surface area contributed by atoms with Gasteiger partial charge < -0.3 is 14.6 Å². The molecule has 1 heterocycles. The number of allylic oxidation sites excluding steroid dienone is 1. The van der Waals surface area contributed by atoms with E-state index in [0.29, 0.717) is 29.0 Å². The van der Waals surface area contributed by atoms with Crippen LogP contribution in [0.25, 0.3) is 0 Å². The zero-order valence-electron chi connectivity index (χ0n) is 21.5. The van der Waals surface area contributed by atoms with Gasteiger partial charge in [0.2, 0.25) is 0 Å². The van der Waals surface area contributed by atoms with Gasteiger partial charge in [-0.3, -0.25) is 9.79 Å². The molecule has 192 valence electrons. The van der Waals surface area contributed by atoms with Gasteiger partial charge in [0.1, 0.15) is 11.5 Å². The monoisotopic (exact) mass is 492 g/mol. The molecular formula is C29H36N2O5. The maximum atomic E-state index is 13.9. The van der Waals surface area contributed by atoms with Crippen LogP contribution in [-0.2, 0) is 19.1 Å². The fraction of sp³-hybridized carbons (Fsp3) is 0.586. The minimum atomic E-state index is -1.06. The molecule has 0 radical (unpaired) electrons. The average Bonchev–Trinajstić information content (AvgIpc) is 3.25. The number of nitrogens with zero attached hydrogens (tertiary/aromatic N) is 2. The van der Waals surface area contributed by atoms with Crippen LogP contribution in [-0.4, -0.2) is 40.6 Å². The van der Waals surface area contributed by atoms with Crippen molar-refractivity contribution in [1.82, 2.24) is 0 Å². The number of rotatable bonds is 7. The molecule has 2 saturated carbocycles. The van der Waals surface area contributed by atoms with E-state index in [0.717, 1.165) is 32.1 Å². The van der Waals surface area contributed by atoms with Gasteiger partial charge in [-0.1, -0.05) is 38.3 Å². The number of carbonyl (C=O) groups is 2. The van der Waals surface area contributed by atoms with E-state index in [2.05, 4.69) is 11.1 Å². The molecule has 2 fully saturated rings. The second-order valence-electron chi connectivity index (χ2n) is 10.4. The number of ether oxygens (including phenoxy) is 2. The average molecular weight is 493 g/mol. The fourth-order valence-electron chi connectivity index (χ4n) is 6.25. The Bertz CT molecular complexity index is 1110. The maximum Gasteiger partial charge on any atom is 0.337 e. The van der Waals surface area contributed by atoms with E-state index in [1.807, 2.05) is 6.92 Å². The molecule has 1 aromatic rings. The molecule has 0 saturated heterocycles. The Labute approximate surface area is 213 Å². The van der Waals surface area contributed by atoms with Crippen molar-refractivity contribution in [3.63, 3.8) is 0 Å². The van der Waals surface area contributed by atoms with Crippen LogP contribution in [0.3, 0.4) is 0 Å². The minimum Gasteiger partial charge on any atom is -0.481 e. The first kappa shape index (κ1) is 26.1. The summed E-state index contributed by atoms with van der Waals surface area (Å²) in [7, 11) is 0. The van der Waals surface area contributed by atoms with E-state index in [-0.39, 0.29) is 17.8 Å². The SMILES string of the molecule is CCC1(OC(=O)C2=C(C)N=C(C)C(C(=O)O)C2c2cccc(C#N)c2)CCCC1OC1CCCCC1. The summed E-state index contributed by atoms with van der Waals surface area (Å²) in [5, 5.41) is 19.5. The van der Waals surface area contributed by atoms with Crippen LogP contribution >= 0.6 is 0 Å². The molecule has 4 rings (SSSR count). The summed E-state index contributed by atoms with van der Waals surface area (Å²) in [6.07, 6.45) is 8.80. The lowest BCUT2D eigenvalue weighted by molar-refractivity contribution is -0.178. The van der Waals surface area contributed by atoms with Gasteiger partial charge >= 0.3 is 11.9 Å². The first-order valence-electron chi connectivity index (χ1n) is 13.2. The maximum absolute atomic E-state index is 13.9. The molecule has 0 bridgehead atoms. The number of hydrogen-bond acceptors (Lipinski definition) is 6. The lowest BCUT2D eigenvalue weighted by Crippen LogP contribution is -2.46. The summed E-state index contributed by atoms with van der Waals surface area (Å²) in [4.78, 5) is 30.8. The van der Waals surface area contributed by atoms with E-state index in [9.17, 15) is 20.0 Å². The van der Waals surface area contributed by atoms with Gasteiger partial charge in [-0.2, -0.15) is 5.26 Å². The molecule has 0 spiro atoms. The predicted molar refractivity (Wildman–Crippen MR) is 136 cm³/mol. The summed E-state index contributed by atoms with van der Waals surface area (Å²) in [6, 6.07) is 8.90. The normalized spacial score (nSPS) is 28.9. The van der Waals surface area contributed by atoms with Crippen LogP contribution in [0.15, 0.2) is 40.5 Å². The number of aliphatic carboxylic acids is 1. The van der Waals surface area contributed by atoms with Crippen LogP contribution in [0.4, 0.5) is 0 Å². The number of esters is 1. The third kappa shape index (κ3) is 5.10. The number of aliphatic imine (C=N–C) groups is 1. The predicted octanol–water partition coefficient (Wildman–Crippen LogP) is 5.68. The standard InChI is InChI=1S/C29H36N2O5/c1-4-29(15-9-14-23(29)35-22-12-6-5-7-13-22)36-28(34)25-19(3)31-18(2)24(27(32)33)26(25)21-11-8-10-20(16-21)17-30/h8,10-11,16,22-24,26H,4-7,9,12-15H2,1-3H3,(H,32,33). The highest BCUT2D eigenvalue weighted by atomic mass is 16.6. The van der Waals surface area contributed by atoms with Crippen molar-refractivity contribution in [3.05, 3.63) is 46.7 Å². The highest BCUT2D eigenvalue weighted by molar-refractivity contribution is 6.06. The van der Waals surface area contributed by atoms with Crippen molar-refractivity contribution in [2.45, 2.75) is 102 Å². The van der Waals surface area contributed by atoms with Crippen LogP contribution < -0.4 is 0 Å². The zero-order valence-corrected chi connectivity index (χ0v) is 21.5. The fourth-order valence-corrected chi connectivity index (χ4v) is 6.25. The summed E-state index contributed by atoms with van der Waals surface area (Å²) >= 11 is 0. The van der Waals surface area contributed by atoms with Crippen molar-refractivity contribution >= 4 is 17.7 Å². The molecule has 1 N–H and O–H groups in total. The van der Waals surface area contributed by atoms with Gasteiger partial charge in [0, 0.05) is 17.3 Å². The van der Waals surface area contributed by atoms with Crippen LogP contribution in [0.1, 0.15) is 95.6 Å². The van der Waals surface area contributed by atoms with Crippen LogP contribution in [0.2, 0.25) is 0 Å². The molecular weight excluding hydrogens is 456 g/mol. The Balaban J connectivity index is 1.68. The Morgan fingerprint density at radius 2 is 1.92 bits per heavy atom. The Morgan fingerprint density at radius 3 is 2.58 bits per heavy atom. The molecule has 3 aliphatic rings. The minimum absolute atomic E-state index is 0.167. The van der Waals surface area contributed by atoms with Gasteiger partial charge in [0.25, 0.3) is 0 Å². The Kier molecular flexibility index (Phi) is 7.94. The van der Waals surface area contributed by atoms with Crippen molar-refractivity contribution in [2.24, 2.45) is 10.9 Å². The van der Waals surface area contributed by atoms with E-state index in [1.165, 1.54) is 19.3 Å². The number of carboxylic acid groups (broad SMARTS) is 1. The van der Waals surface area contributed by atoms with Gasteiger partial charge in [0.05, 0.1) is 29.4 Å². The van der Waals surface area contributed by atoms with E-state index >= 15 is 0 Å². The van der Waals surface area contributed by atoms with Gasteiger partial charge in [-0.05, 0) is 70.1 Å². The zero-order chi connectivity index (χ0) is 25.9. The molecule has 7 nitrogen and oxygen atoms in total. The molecule has 7 heteroatoms. The smallest absolute Gasteiger partial charge is 0.337 e. The summed E-state index contributed by atoms with van der Waals surface area (Å²) < 4.78 is 12.9. The number of benzene rings is 1. The highest BCUT2D eigenvalue weighted by Gasteiger charge is 2.49. The van der Waals surface area contributed by atoms with Crippen molar-refractivity contribution in [1.29, 1.82) is 5.26 Å². The molecule has 36 heavy (non-hydrogen) atoms. The highest BCUT2D eigenvalue weighted by Crippen LogP contribution is 2.44. The van der Waals surface area contributed by atoms with E-state index < -0.39 is 29.4 Å². The number of nitriles is 1. The quantitative estimate of drug-likeness (QED) is 0.490. The topological polar surface area (TPSA) is 109 Å². The van der Waals surface area contributed by atoms with Gasteiger partial charge in [0.15, 0.2) is 0 Å². The Hall–Kier alpha value is -2.98. The van der Waals surface area contributed by atoms with Crippen molar-refractivity contribution < 1.29 is 24.2 Å². The summed E-state index contributed by atoms with van der Waals surface area (Å²) in [5.74, 6) is -3.43. The van der Waals surface area contributed by atoms with Crippen LogP contribution in [0, 0.1) is 17.2 Å². The summed E-state index contributed by atoms with van der Waals surface area (Å²) in [5.41, 5.74) is 1.39. The lowest BCUT2D eigenvalue weighted by atomic mass is 9.75. The van der Waals surface area contributed by atoms with Gasteiger partial charge in [-0.25, -0.2) is 4.79 Å². The number of carboxylic acids is 1. The van der Waals surface area contributed by atoms with Crippen molar-refractivity contribution in [2.75, 3.05) is 0 Å².